The van der Waals surface area contributed by atoms with E-state index in [1.165, 1.54) is 48.5 Å². The van der Waals surface area contributed by atoms with Gasteiger partial charge < -0.3 is 9.80 Å². The average molecular weight is 1300 g/mol. The predicted octanol–water partition coefficient (Wildman–Crippen LogP) is 24.4. The fourth-order valence-electron chi connectivity index (χ4n) is 13.9. The lowest BCUT2D eigenvalue weighted by atomic mass is 9.85. The maximum absolute atomic E-state index is 15.3. The van der Waals surface area contributed by atoms with E-state index >= 15 is 17.6 Å². The minimum atomic E-state index is -0.430. The van der Waals surface area contributed by atoms with E-state index in [-0.39, 0.29) is 0 Å². The predicted molar refractivity (Wildman–Crippen MR) is 400 cm³/mol. The first-order valence-electron chi connectivity index (χ1n) is 32.9. The van der Waals surface area contributed by atoms with Gasteiger partial charge in [0.2, 0.25) is 11.9 Å². The Morgan fingerprint density at radius 2 is 0.500 bits per heavy atom. The lowest BCUT2D eigenvalue weighted by molar-refractivity contribution is 0.626. The van der Waals surface area contributed by atoms with Crippen molar-refractivity contribution in [2.45, 2.75) is 0 Å². The zero-order chi connectivity index (χ0) is 67.2. The normalized spacial score (nSPS) is 11.4. The quantitative estimate of drug-likeness (QED) is 0.0710. The van der Waals surface area contributed by atoms with Crippen molar-refractivity contribution in [1.82, 2.24) is 19.1 Å². The number of anilines is 12. The van der Waals surface area contributed by atoms with Gasteiger partial charge in [-0.15, -0.1) is 0 Å². The highest BCUT2D eigenvalue weighted by atomic mass is 19.1. The number of benzene rings is 15. The van der Waals surface area contributed by atoms with Crippen molar-refractivity contribution in [2.24, 2.45) is 0 Å². The second-order valence-electron chi connectivity index (χ2n) is 24.4. The minimum absolute atomic E-state index is 0.430. The van der Waals surface area contributed by atoms with Gasteiger partial charge in [-0.1, -0.05) is 158 Å². The summed E-state index contributed by atoms with van der Waals surface area (Å²) in [6.07, 6.45) is 0. The zero-order valence-corrected chi connectivity index (χ0v) is 53.6. The molecule has 2 heterocycles. The Morgan fingerprint density at radius 1 is 0.220 bits per heavy atom. The van der Waals surface area contributed by atoms with Gasteiger partial charge in [0.05, 0.1) is 22.1 Å². The number of fused-ring (bicyclic) bond motifs is 4. The lowest BCUT2D eigenvalue weighted by Gasteiger charge is -2.28. The summed E-state index contributed by atoms with van der Waals surface area (Å²) in [5, 5.41) is 3.60. The number of rotatable bonds is 16. The molecular weight excluding hydrogens is 1250 g/mol. The Labute approximate surface area is 574 Å². The molecule has 0 atom stereocenters. The van der Waals surface area contributed by atoms with Crippen molar-refractivity contribution in [3.05, 3.63) is 375 Å². The Morgan fingerprint density at radius 3 is 0.840 bits per heavy atom. The molecule has 15 aromatic carbocycles. The summed E-state index contributed by atoms with van der Waals surface area (Å²) < 4.78 is 65.8. The molecule has 0 spiro atoms. The maximum Gasteiger partial charge on any atom is 0.220 e. The van der Waals surface area contributed by atoms with E-state index in [2.05, 4.69) is 140 Å². The van der Waals surface area contributed by atoms with E-state index in [1.54, 1.807) is 24.3 Å². The topological polar surface area (TPSA) is 48.6 Å². The van der Waals surface area contributed by atoms with Crippen LogP contribution in [0.5, 0.6) is 0 Å². The molecule has 0 aliphatic heterocycles. The molecule has 100 heavy (non-hydrogen) atoms. The molecule has 17 rings (SSSR count). The fourth-order valence-corrected chi connectivity index (χ4v) is 13.9. The van der Waals surface area contributed by atoms with Crippen molar-refractivity contribution >= 4 is 112 Å². The first-order valence-corrected chi connectivity index (χ1v) is 32.9. The number of hydrogen-bond donors (Lipinski definition) is 0. The van der Waals surface area contributed by atoms with Crippen molar-refractivity contribution in [1.29, 1.82) is 0 Å². The van der Waals surface area contributed by atoms with Gasteiger partial charge in [-0.2, -0.15) is 0 Å². The van der Waals surface area contributed by atoms with Crippen LogP contribution in [0.3, 0.4) is 0 Å². The Hall–Kier alpha value is -13.3. The average Bonchev–Trinajstić information content (AvgIpc) is 1.02. The summed E-state index contributed by atoms with van der Waals surface area (Å²) in [5.74, 6) is -0.379. The Balaban J connectivity index is 0.965. The number of aromatic nitrogens is 4. The number of halogens is 4. The molecule has 12 heteroatoms. The summed E-state index contributed by atoms with van der Waals surface area (Å²) in [5.41, 5.74) is 15.7. The fraction of sp³-hybridized carbons (Fsp3) is 0. The summed E-state index contributed by atoms with van der Waals surface area (Å²) >= 11 is 0. The van der Waals surface area contributed by atoms with Crippen LogP contribution in [0.4, 0.5) is 86.3 Å². The van der Waals surface area contributed by atoms with Crippen LogP contribution in [0.1, 0.15) is 0 Å². The molecule has 0 unspecified atom stereocenters. The first kappa shape index (κ1) is 60.4. The largest absolute Gasteiger partial charge is 0.310 e. The molecule has 0 aliphatic carbocycles. The molecular formula is C88H58F4N8. The van der Waals surface area contributed by atoms with Crippen LogP contribution in [0.25, 0.3) is 77.2 Å². The molecule has 0 amide bonds. The first-order chi connectivity index (χ1) is 49.2. The third kappa shape index (κ3) is 11.1. The van der Waals surface area contributed by atoms with Gasteiger partial charge in [0.1, 0.15) is 23.3 Å². The van der Waals surface area contributed by atoms with Gasteiger partial charge in [0, 0.05) is 68.2 Å². The molecule has 0 saturated carbocycles. The van der Waals surface area contributed by atoms with Crippen LogP contribution >= 0.6 is 0 Å². The molecule has 0 saturated heterocycles. The number of hydrogen-bond acceptors (Lipinski definition) is 6. The van der Waals surface area contributed by atoms with Crippen LogP contribution in [0, 0.1) is 23.3 Å². The molecule has 8 nitrogen and oxygen atoms in total. The van der Waals surface area contributed by atoms with E-state index in [4.69, 9.17) is 9.97 Å². The molecule has 0 radical (unpaired) electrons. The highest BCUT2D eigenvalue weighted by molar-refractivity contribution is 6.23. The van der Waals surface area contributed by atoms with Gasteiger partial charge in [0.25, 0.3) is 0 Å². The van der Waals surface area contributed by atoms with E-state index in [0.29, 0.717) is 46.0 Å². The summed E-state index contributed by atoms with van der Waals surface area (Å²) in [7, 11) is 0. The van der Waals surface area contributed by atoms with E-state index in [1.807, 2.05) is 168 Å². The Kier molecular flexibility index (Phi) is 15.5. The highest BCUT2D eigenvalue weighted by Gasteiger charge is 2.28. The van der Waals surface area contributed by atoms with Crippen LogP contribution < -0.4 is 19.6 Å². The van der Waals surface area contributed by atoms with Crippen LogP contribution in [-0.4, -0.2) is 19.1 Å². The van der Waals surface area contributed by atoms with E-state index in [9.17, 15) is 0 Å². The van der Waals surface area contributed by atoms with Crippen molar-refractivity contribution < 1.29 is 17.6 Å². The summed E-state index contributed by atoms with van der Waals surface area (Å²) in [6.45, 7) is 0. The number of nitrogens with zero attached hydrogens (tertiary/aromatic N) is 8. The zero-order valence-electron chi connectivity index (χ0n) is 53.6. The molecule has 0 fully saturated rings. The molecule has 0 N–H and O–H groups in total. The number of para-hydroxylation sites is 8. The third-order valence-electron chi connectivity index (χ3n) is 18.2. The van der Waals surface area contributed by atoms with Crippen LogP contribution in [-0.2, 0) is 0 Å². The van der Waals surface area contributed by atoms with E-state index < -0.39 is 23.3 Å². The smallest absolute Gasteiger partial charge is 0.220 e. The van der Waals surface area contributed by atoms with Gasteiger partial charge in [-0.05, 0) is 238 Å². The van der Waals surface area contributed by atoms with Gasteiger partial charge in [-0.25, -0.2) is 27.5 Å². The Bertz CT molecular complexity index is 5420. The second-order valence-corrected chi connectivity index (χ2v) is 24.4. The second kappa shape index (κ2) is 25.7. The molecule has 0 aliphatic rings. The van der Waals surface area contributed by atoms with E-state index in [0.717, 1.165) is 100.0 Å². The van der Waals surface area contributed by atoms with Crippen molar-refractivity contribution in [3.8, 4) is 33.6 Å². The van der Waals surface area contributed by atoms with Gasteiger partial charge in [0.15, 0.2) is 0 Å². The monoisotopic (exact) mass is 1300 g/mol. The third-order valence-corrected chi connectivity index (χ3v) is 18.2. The van der Waals surface area contributed by atoms with Crippen LogP contribution in [0.15, 0.2) is 352 Å². The van der Waals surface area contributed by atoms with Crippen LogP contribution in [0.2, 0.25) is 0 Å². The molecule has 0 bridgehead atoms. The molecule has 2 aromatic heterocycles. The molecule has 478 valence electrons. The standard InChI is InChI=1S/C88H58F4N8/c89-61-21-17-33-71(53-61)95(72-34-18-22-62(90)54-72)69-45-41-59(42-46-69)85-78-52-50-76(98(66-27-7-2-8-28-66)88-94-82-38-14-16-40-84(82)100(88)68-31-11-4-12-32-68)58-80(78)86(60-43-47-70(48-44-60)96(73-35-19-23-63(91)55-73)74-36-20-24-64(92)56-74)77-51-49-75(57-79(77)85)97(65-25-5-1-6-26-65)87-93-81-37-13-15-39-83(81)99(87)67-29-9-3-10-30-67/h1-58H. The minimum Gasteiger partial charge on any atom is -0.310 e. The summed E-state index contributed by atoms with van der Waals surface area (Å²) in [4.78, 5) is 19.1. The SMILES string of the molecule is Fc1cccc(N(c2ccc(-c3c4ccc(N(c5ccccc5)c5nc6ccccc6n5-c5ccccc5)cc4c(-c4ccc(N(c5cccc(F)c5)c5cccc(F)c5)cc4)c4ccc(N(c5ccccc5)c5nc6ccccc6n5-c5ccccc5)cc34)cc2)c2cccc(F)c2)c1. The van der Waals surface area contributed by atoms with Gasteiger partial charge >= 0.3 is 0 Å². The highest BCUT2D eigenvalue weighted by Crippen LogP contribution is 2.51. The molecule has 17 aromatic rings. The summed E-state index contributed by atoms with van der Waals surface area (Å²) in [6, 6.07) is 112. The number of imidazole rings is 2. The van der Waals surface area contributed by atoms with Crippen molar-refractivity contribution in [2.75, 3.05) is 19.6 Å². The van der Waals surface area contributed by atoms with Crippen molar-refractivity contribution in [3.63, 3.8) is 0 Å². The lowest BCUT2D eigenvalue weighted by Crippen LogP contribution is -2.15. The van der Waals surface area contributed by atoms with Gasteiger partial charge in [-0.3, -0.25) is 18.9 Å². The maximum atomic E-state index is 15.3.